The molecular weight excluding hydrogens is 296 g/mol. The molecule has 1 N–H and O–H groups in total. The molecule has 0 bridgehead atoms. The molecule has 2 aliphatic rings. The second-order valence-corrected chi connectivity index (χ2v) is 7.30. The van der Waals surface area contributed by atoms with Crippen LogP contribution in [0.3, 0.4) is 0 Å². The number of carbonyl (C=O) groups is 1. The van der Waals surface area contributed by atoms with Gasteiger partial charge in [0.15, 0.2) is 0 Å². The Hall–Kier alpha value is -0.910. The fourth-order valence-corrected chi connectivity index (χ4v) is 4.16. The monoisotopic (exact) mass is 322 g/mol. The molecule has 0 aromatic carbocycles. The average Bonchev–Trinajstić information content (AvgIpc) is 3.07. The van der Waals surface area contributed by atoms with Crippen LogP contribution in [0.25, 0.3) is 0 Å². The predicted molar refractivity (Wildman–Crippen MR) is 89.0 cm³/mol. The number of nitrogens with one attached hydrogen (secondary N) is 1. The first-order valence-electron chi connectivity index (χ1n) is 8.38. The number of rotatable bonds is 4. The summed E-state index contributed by atoms with van der Waals surface area (Å²) in [6.07, 6.45) is 4.30. The van der Waals surface area contributed by atoms with Crippen LogP contribution >= 0.6 is 11.3 Å². The van der Waals surface area contributed by atoms with Crippen LogP contribution in [0.4, 0.5) is 0 Å². The van der Waals surface area contributed by atoms with Crippen molar-refractivity contribution in [2.45, 2.75) is 44.8 Å². The number of nitrogens with zero attached hydrogens (tertiary/aromatic N) is 1. The van der Waals surface area contributed by atoms with Gasteiger partial charge < -0.3 is 15.0 Å². The molecule has 1 amide bonds. The molecule has 4 nitrogen and oxygen atoms in total. The normalized spacial score (nSPS) is 27.0. The SMILES string of the molecule is CC1CN(C(=O)CCC2CCNCC2)CC(c2ccsc2)O1. The number of hydrogen-bond acceptors (Lipinski definition) is 4. The molecule has 2 saturated heterocycles. The van der Waals surface area contributed by atoms with Gasteiger partial charge in [0.05, 0.1) is 12.6 Å². The number of thiophene rings is 1. The van der Waals surface area contributed by atoms with Gasteiger partial charge in [0.1, 0.15) is 6.10 Å². The smallest absolute Gasteiger partial charge is 0.222 e. The first-order chi connectivity index (χ1) is 10.7. The zero-order valence-corrected chi connectivity index (χ0v) is 14.1. The van der Waals surface area contributed by atoms with Crippen molar-refractivity contribution in [3.05, 3.63) is 22.4 Å². The lowest BCUT2D eigenvalue weighted by molar-refractivity contribution is -0.145. The maximum atomic E-state index is 12.6. The second kappa shape index (κ2) is 7.57. The van der Waals surface area contributed by atoms with Crippen molar-refractivity contribution in [1.29, 1.82) is 0 Å². The van der Waals surface area contributed by atoms with E-state index in [1.165, 1.54) is 18.4 Å². The molecule has 1 aromatic heterocycles. The molecule has 2 aliphatic heterocycles. The van der Waals surface area contributed by atoms with Crippen molar-refractivity contribution in [2.75, 3.05) is 26.2 Å². The number of ether oxygens (including phenoxy) is 1. The molecule has 0 aliphatic carbocycles. The molecule has 0 radical (unpaired) electrons. The molecule has 22 heavy (non-hydrogen) atoms. The third-order valence-electron chi connectivity index (χ3n) is 4.75. The summed E-state index contributed by atoms with van der Waals surface area (Å²) >= 11 is 1.68. The number of morpholine rings is 1. The van der Waals surface area contributed by atoms with Crippen LogP contribution < -0.4 is 5.32 Å². The average molecular weight is 322 g/mol. The Bertz CT molecular complexity index is 471. The van der Waals surface area contributed by atoms with E-state index < -0.39 is 0 Å². The highest BCUT2D eigenvalue weighted by Crippen LogP contribution is 2.27. The Morgan fingerprint density at radius 1 is 1.41 bits per heavy atom. The fraction of sp³-hybridized carbons (Fsp3) is 0.706. The van der Waals surface area contributed by atoms with Crippen molar-refractivity contribution < 1.29 is 9.53 Å². The maximum absolute atomic E-state index is 12.6. The van der Waals surface area contributed by atoms with E-state index in [9.17, 15) is 4.79 Å². The second-order valence-electron chi connectivity index (χ2n) is 6.52. The third-order valence-corrected chi connectivity index (χ3v) is 5.45. The maximum Gasteiger partial charge on any atom is 0.222 e. The van der Waals surface area contributed by atoms with Gasteiger partial charge >= 0.3 is 0 Å². The minimum atomic E-state index is 0.0397. The van der Waals surface area contributed by atoms with E-state index in [0.717, 1.165) is 32.0 Å². The van der Waals surface area contributed by atoms with E-state index in [2.05, 4.69) is 29.1 Å². The number of piperidine rings is 1. The van der Waals surface area contributed by atoms with Gasteiger partial charge in [-0.25, -0.2) is 0 Å². The quantitative estimate of drug-likeness (QED) is 0.927. The van der Waals surface area contributed by atoms with Crippen molar-refractivity contribution in [3.63, 3.8) is 0 Å². The van der Waals surface area contributed by atoms with Crippen LogP contribution in [-0.4, -0.2) is 43.1 Å². The van der Waals surface area contributed by atoms with E-state index in [1.54, 1.807) is 11.3 Å². The summed E-state index contributed by atoms with van der Waals surface area (Å²) in [5, 5.41) is 7.58. The van der Waals surface area contributed by atoms with Crippen LogP contribution in [0.5, 0.6) is 0 Å². The summed E-state index contributed by atoms with van der Waals surface area (Å²) in [5.74, 6) is 1.02. The van der Waals surface area contributed by atoms with Crippen LogP contribution in [0.1, 0.15) is 44.3 Å². The first kappa shape index (κ1) is 16.0. The van der Waals surface area contributed by atoms with E-state index in [1.807, 2.05) is 4.90 Å². The molecule has 2 unspecified atom stereocenters. The van der Waals surface area contributed by atoms with Crippen molar-refractivity contribution >= 4 is 17.2 Å². The highest BCUT2D eigenvalue weighted by Gasteiger charge is 2.29. The van der Waals surface area contributed by atoms with Gasteiger partial charge in [-0.1, -0.05) is 0 Å². The van der Waals surface area contributed by atoms with Gasteiger partial charge in [-0.05, 0) is 67.6 Å². The molecule has 2 fully saturated rings. The Kier molecular flexibility index (Phi) is 5.50. The fourth-order valence-electron chi connectivity index (χ4n) is 3.45. The van der Waals surface area contributed by atoms with E-state index in [4.69, 9.17) is 4.74 Å². The highest BCUT2D eigenvalue weighted by atomic mass is 32.1. The topological polar surface area (TPSA) is 41.6 Å². The molecule has 5 heteroatoms. The predicted octanol–water partition coefficient (Wildman–Crippen LogP) is 2.82. The Labute approximate surface area is 136 Å². The number of amides is 1. The molecule has 3 heterocycles. The van der Waals surface area contributed by atoms with E-state index in [-0.39, 0.29) is 12.2 Å². The summed E-state index contributed by atoms with van der Waals surface area (Å²) in [4.78, 5) is 14.6. The molecule has 0 saturated carbocycles. The summed E-state index contributed by atoms with van der Waals surface area (Å²) in [6, 6.07) is 2.10. The van der Waals surface area contributed by atoms with Gasteiger partial charge in [-0.3, -0.25) is 4.79 Å². The highest BCUT2D eigenvalue weighted by molar-refractivity contribution is 7.07. The first-order valence-corrected chi connectivity index (χ1v) is 9.32. The summed E-state index contributed by atoms with van der Waals surface area (Å²) in [7, 11) is 0. The Morgan fingerprint density at radius 2 is 2.23 bits per heavy atom. The zero-order chi connectivity index (χ0) is 15.4. The van der Waals surface area contributed by atoms with Crippen molar-refractivity contribution in [3.8, 4) is 0 Å². The third kappa shape index (κ3) is 4.09. The lowest BCUT2D eigenvalue weighted by atomic mass is 9.93. The number of hydrogen-bond donors (Lipinski definition) is 1. The summed E-state index contributed by atoms with van der Waals surface area (Å²) in [6.45, 7) is 5.70. The lowest BCUT2D eigenvalue weighted by Gasteiger charge is -2.37. The molecule has 122 valence electrons. The van der Waals surface area contributed by atoms with Gasteiger partial charge in [0, 0.05) is 13.0 Å². The van der Waals surface area contributed by atoms with Crippen LogP contribution in [0.2, 0.25) is 0 Å². The Balaban J connectivity index is 1.52. The molecular formula is C17H26N2O2S. The van der Waals surface area contributed by atoms with Crippen molar-refractivity contribution in [1.82, 2.24) is 10.2 Å². The van der Waals surface area contributed by atoms with Crippen LogP contribution in [0, 0.1) is 5.92 Å². The van der Waals surface area contributed by atoms with Gasteiger partial charge in [-0.15, -0.1) is 0 Å². The number of carbonyl (C=O) groups excluding carboxylic acids is 1. The summed E-state index contributed by atoms with van der Waals surface area (Å²) < 4.78 is 6.01. The van der Waals surface area contributed by atoms with Crippen LogP contribution in [-0.2, 0) is 9.53 Å². The molecule has 1 aromatic rings. The molecule has 3 rings (SSSR count). The van der Waals surface area contributed by atoms with Crippen LogP contribution in [0.15, 0.2) is 16.8 Å². The lowest BCUT2D eigenvalue weighted by Crippen LogP contribution is -2.46. The van der Waals surface area contributed by atoms with Crippen molar-refractivity contribution in [2.24, 2.45) is 5.92 Å². The molecule has 0 spiro atoms. The van der Waals surface area contributed by atoms with Gasteiger partial charge in [0.25, 0.3) is 0 Å². The minimum Gasteiger partial charge on any atom is -0.367 e. The van der Waals surface area contributed by atoms with E-state index >= 15 is 0 Å². The van der Waals surface area contributed by atoms with Gasteiger partial charge in [-0.2, -0.15) is 11.3 Å². The zero-order valence-electron chi connectivity index (χ0n) is 13.3. The largest absolute Gasteiger partial charge is 0.367 e. The molecule has 2 atom stereocenters. The minimum absolute atomic E-state index is 0.0397. The summed E-state index contributed by atoms with van der Waals surface area (Å²) in [5.41, 5.74) is 1.20. The Morgan fingerprint density at radius 3 is 2.95 bits per heavy atom. The standard InChI is InChI=1S/C17H26N2O2S/c1-13-10-19(11-16(21-13)15-6-9-22-12-15)17(20)3-2-14-4-7-18-8-5-14/h6,9,12-14,16,18H,2-5,7-8,10-11H2,1H3. The van der Waals surface area contributed by atoms with E-state index in [0.29, 0.717) is 18.9 Å². The van der Waals surface area contributed by atoms with Gasteiger partial charge in [0.2, 0.25) is 5.91 Å².